The Bertz CT molecular complexity index is 686. The van der Waals surface area contributed by atoms with Crippen molar-refractivity contribution in [3.8, 4) is 0 Å². The second-order valence-electron chi connectivity index (χ2n) is 7.16. The first-order chi connectivity index (χ1) is 11.5. The van der Waals surface area contributed by atoms with Crippen LogP contribution >= 0.6 is 0 Å². The van der Waals surface area contributed by atoms with E-state index in [-0.39, 0.29) is 5.82 Å². The maximum absolute atomic E-state index is 14.0. The molecule has 0 spiro atoms. The smallest absolute Gasteiger partial charge is 0.151 e. The third-order valence-corrected chi connectivity index (χ3v) is 5.37. The molecule has 0 saturated carbocycles. The van der Waals surface area contributed by atoms with E-state index in [4.69, 9.17) is 0 Å². The minimum atomic E-state index is -0.228. The number of fused-ring (bicyclic) bond motifs is 1. The maximum Gasteiger partial charge on any atom is 0.151 e. The van der Waals surface area contributed by atoms with Crippen LogP contribution in [0.25, 0.3) is 11.0 Å². The van der Waals surface area contributed by atoms with Crippen LogP contribution < -0.4 is 0 Å². The van der Waals surface area contributed by atoms with Gasteiger partial charge < -0.3 is 9.47 Å². The third kappa shape index (κ3) is 3.33. The quantitative estimate of drug-likeness (QED) is 0.837. The molecule has 0 unspecified atom stereocenters. The number of aromatic nitrogens is 2. The minimum absolute atomic E-state index is 0.228. The van der Waals surface area contributed by atoms with Gasteiger partial charge in [-0.05, 0) is 65.9 Å². The van der Waals surface area contributed by atoms with Crippen LogP contribution in [-0.2, 0) is 13.1 Å². The highest BCUT2D eigenvalue weighted by Crippen LogP contribution is 2.22. The molecule has 1 aliphatic rings. The Balaban J connectivity index is 1.74. The van der Waals surface area contributed by atoms with Gasteiger partial charge in [0.1, 0.15) is 11.3 Å². The van der Waals surface area contributed by atoms with E-state index in [0.29, 0.717) is 17.6 Å². The van der Waals surface area contributed by atoms with Crippen LogP contribution in [0.2, 0.25) is 0 Å². The Morgan fingerprint density at radius 1 is 1.29 bits per heavy atom. The number of hydrogen-bond acceptors (Lipinski definition) is 3. The van der Waals surface area contributed by atoms with Crippen molar-refractivity contribution < 1.29 is 4.39 Å². The van der Waals surface area contributed by atoms with Crippen LogP contribution in [0.5, 0.6) is 0 Å². The van der Waals surface area contributed by atoms with Crippen molar-refractivity contribution >= 4 is 11.0 Å². The summed E-state index contributed by atoms with van der Waals surface area (Å²) < 4.78 is 16.2. The van der Waals surface area contributed by atoms with E-state index in [0.717, 1.165) is 37.5 Å². The first kappa shape index (κ1) is 17.4. The summed E-state index contributed by atoms with van der Waals surface area (Å²) in [6.07, 6.45) is 2.38. The molecule has 3 rings (SSSR count). The topological polar surface area (TPSA) is 24.3 Å². The molecule has 0 bridgehead atoms. The number of para-hydroxylation sites is 1. The van der Waals surface area contributed by atoms with Crippen LogP contribution in [0.15, 0.2) is 18.2 Å². The maximum atomic E-state index is 14.0. The van der Waals surface area contributed by atoms with E-state index in [1.807, 2.05) is 6.07 Å². The van der Waals surface area contributed by atoms with Crippen molar-refractivity contribution in [3.63, 3.8) is 0 Å². The number of likely N-dealkylation sites (tertiary alicyclic amines) is 1. The van der Waals surface area contributed by atoms with Crippen molar-refractivity contribution in [2.75, 3.05) is 20.1 Å². The lowest BCUT2D eigenvalue weighted by Gasteiger charge is -2.38. The van der Waals surface area contributed by atoms with Crippen LogP contribution in [0.3, 0.4) is 0 Å². The number of aryl methyl sites for hydroxylation is 1. The molecule has 0 atom stereocenters. The molecule has 1 saturated heterocycles. The Labute approximate surface area is 144 Å². The lowest BCUT2D eigenvalue weighted by atomic mass is 10.0. The molecule has 2 heterocycles. The van der Waals surface area contributed by atoms with E-state index in [1.54, 1.807) is 6.07 Å². The normalized spacial score (nSPS) is 17.5. The monoisotopic (exact) mass is 332 g/mol. The zero-order valence-electron chi connectivity index (χ0n) is 15.3. The summed E-state index contributed by atoms with van der Waals surface area (Å²) in [6, 6.07) is 6.42. The molecule has 132 valence electrons. The van der Waals surface area contributed by atoms with Crippen LogP contribution in [0.4, 0.5) is 4.39 Å². The van der Waals surface area contributed by atoms with E-state index in [2.05, 4.69) is 47.2 Å². The number of piperidine rings is 1. The van der Waals surface area contributed by atoms with E-state index < -0.39 is 0 Å². The first-order valence-electron chi connectivity index (χ1n) is 9.09. The number of imidazole rings is 1. The molecule has 1 aromatic carbocycles. The van der Waals surface area contributed by atoms with Crippen LogP contribution in [-0.4, -0.2) is 51.6 Å². The van der Waals surface area contributed by atoms with Gasteiger partial charge in [-0.3, -0.25) is 4.90 Å². The van der Waals surface area contributed by atoms with Crippen LogP contribution in [0, 0.1) is 5.82 Å². The number of rotatable bonds is 5. The summed E-state index contributed by atoms with van der Waals surface area (Å²) in [6.45, 7) is 10.5. The van der Waals surface area contributed by atoms with Gasteiger partial charge in [-0.25, -0.2) is 9.37 Å². The largest absolute Gasteiger partial charge is 0.327 e. The molecule has 4 nitrogen and oxygen atoms in total. The molecular weight excluding hydrogens is 303 g/mol. The Kier molecular flexibility index (Phi) is 5.21. The molecule has 24 heavy (non-hydrogen) atoms. The van der Waals surface area contributed by atoms with Crippen molar-refractivity contribution in [1.82, 2.24) is 19.4 Å². The SMILES string of the molecule is CCn1c(CN(C)C2CCN(C(C)C)CC2)nc2c(F)cccc21. The molecule has 5 heteroatoms. The molecule has 0 N–H and O–H groups in total. The molecule has 1 aliphatic heterocycles. The Morgan fingerprint density at radius 2 is 2.00 bits per heavy atom. The average Bonchev–Trinajstić information content (AvgIpc) is 2.93. The van der Waals surface area contributed by atoms with Crippen molar-refractivity contribution in [2.24, 2.45) is 0 Å². The van der Waals surface area contributed by atoms with Gasteiger partial charge in [0, 0.05) is 18.6 Å². The lowest BCUT2D eigenvalue weighted by Crippen LogP contribution is -2.45. The number of benzene rings is 1. The Hall–Kier alpha value is -1.46. The van der Waals surface area contributed by atoms with Crippen molar-refractivity contribution in [2.45, 2.75) is 58.8 Å². The van der Waals surface area contributed by atoms with Gasteiger partial charge in [-0.1, -0.05) is 6.07 Å². The minimum Gasteiger partial charge on any atom is -0.327 e. The van der Waals surface area contributed by atoms with Gasteiger partial charge in [0.25, 0.3) is 0 Å². The molecule has 0 aliphatic carbocycles. The molecule has 0 amide bonds. The zero-order valence-corrected chi connectivity index (χ0v) is 15.3. The summed E-state index contributed by atoms with van der Waals surface area (Å²) in [5.74, 6) is 0.736. The fraction of sp³-hybridized carbons (Fsp3) is 0.632. The zero-order chi connectivity index (χ0) is 17.3. The van der Waals surface area contributed by atoms with Crippen LogP contribution in [0.1, 0.15) is 39.4 Å². The highest BCUT2D eigenvalue weighted by Gasteiger charge is 2.25. The third-order valence-electron chi connectivity index (χ3n) is 5.37. The predicted octanol–water partition coefficient (Wildman–Crippen LogP) is 3.50. The van der Waals surface area contributed by atoms with E-state index in [1.165, 1.54) is 18.9 Å². The summed E-state index contributed by atoms with van der Waals surface area (Å²) >= 11 is 0. The van der Waals surface area contributed by atoms with Crippen molar-refractivity contribution in [3.05, 3.63) is 29.8 Å². The molecule has 0 radical (unpaired) electrons. The van der Waals surface area contributed by atoms with E-state index in [9.17, 15) is 4.39 Å². The van der Waals surface area contributed by atoms with E-state index >= 15 is 0 Å². The fourth-order valence-electron chi connectivity index (χ4n) is 3.83. The fourth-order valence-corrected chi connectivity index (χ4v) is 3.83. The predicted molar refractivity (Wildman–Crippen MR) is 96.6 cm³/mol. The van der Waals surface area contributed by atoms with Gasteiger partial charge in [0.15, 0.2) is 5.82 Å². The van der Waals surface area contributed by atoms with Gasteiger partial charge in [0.2, 0.25) is 0 Å². The molecule has 1 fully saturated rings. The molecular formula is C19H29FN4. The lowest BCUT2D eigenvalue weighted by molar-refractivity contribution is 0.102. The summed E-state index contributed by atoms with van der Waals surface area (Å²) in [4.78, 5) is 9.53. The standard InChI is InChI=1S/C19H29FN4/c1-5-24-17-8-6-7-16(20)19(17)21-18(24)13-22(4)15-9-11-23(12-10-15)14(2)3/h6-8,14-15H,5,9-13H2,1-4H3. The second kappa shape index (κ2) is 7.19. The van der Waals surface area contributed by atoms with Crippen molar-refractivity contribution in [1.29, 1.82) is 0 Å². The van der Waals surface area contributed by atoms with Gasteiger partial charge >= 0.3 is 0 Å². The van der Waals surface area contributed by atoms with Gasteiger partial charge in [-0.2, -0.15) is 0 Å². The number of hydrogen-bond donors (Lipinski definition) is 0. The number of halogens is 1. The highest BCUT2D eigenvalue weighted by molar-refractivity contribution is 5.76. The molecule has 2 aromatic rings. The summed E-state index contributed by atoms with van der Waals surface area (Å²) in [7, 11) is 2.17. The average molecular weight is 332 g/mol. The first-order valence-corrected chi connectivity index (χ1v) is 9.09. The van der Waals surface area contributed by atoms with Gasteiger partial charge in [0.05, 0.1) is 12.1 Å². The van der Waals surface area contributed by atoms with Gasteiger partial charge in [-0.15, -0.1) is 0 Å². The second-order valence-corrected chi connectivity index (χ2v) is 7.16. The number of nitrogens with zero attached hydrogens (tertiary/aromatic N) is 4. The molecule has 1 aromatic heterocycles. The summed E-state index contributed by atoms with van der Waals surface area (Å²) in [5.41, 5.74) is 1.40. The summed E-state index contributed by atoms with van der Waals surface area (Å²) in [5, 5.41) is 0. The highest BCUT2D eigenvalue weighted by atomic mass is 19.1. The Morgan fingerprint density at radius 3 is 2.62 bits per heavy atom.